The van der Waals surface area contributed by atoms with Gasteiger partial charge < -0.3 is 9.26 Å². The third-order valence-electron chi connectivity index (χ3n) is 5.34. The lowest BCUT2D eigenvalue weighted by Gasteiger charge is -2.29. The highest BCUT2D eigenvalue weighted by Crippen LogP contribution is 2.32. The van der Waals surface area contributed by atoms with Gasteiger partial charge in [0, 0.05) is 22.9 Å². The number of aromatic nitrogens is 1. The second kappa shape index (κ2) is 9.39. The van der Waals surface area contributed by atoms with E-state index in [4.69, 9.17) is 9.26 Å². The first-order valence-electron chi connectivity index (χ1n) is 10.3. The van der Waals surface area contributed by atoms with Crippen LogP contribution in [0.4, 0.5) is 5.88 Å². The summed E-state index contributed by atoms with van der Waals surface area (Å²) in [6, 6.07) is 15.1. The van der Waals surface area contributed by atoms with Gasteiger partial charge in [-0.3, -0.25) is 4.79 Å². The molecule has 0 aliphatic heterocycles. The van der Waals surface area contributed by atoms with Crippen LogP contribution in [-0.4, -0.2) is 40.4 Å². The highest BCUT2D eigenvalue weighted by molar-refractivity contribution is 7.93. The molecule has 0 fully saturated rings. The fourth-order valence-electron chi connectivity index (χ4n) is 2.94. The number of hydrogen-bond donors (Lipinski definition) is 0. The van der Waals surface area contributed by atoms with Crippen LogP contribution in [0.3, 0.4) is 0 Å². The molecule has 32 heavy (non-hydrogen) atoms. The van der Waals surface area contributed by atoms with E-state index in [1.165, 1.54) is 0 Å². The number of aryl methyl sites for hydroxylation is 1. The minimum absolute atomic E-state index is 0.0738. The van der Waals surface area contributed by atoms with E-state index >= 15 is 0 Å². The molecule has 170 valence electrons. The SMILES string of the molecule is Cc1cc(N(COC(C)[Si](C)(C)C)S(=O)(=O)c2ccccc2-c2ccc(C=O)cc2)on1. The number of hydrogen-bond acceptors (Lipinski definition) is 6. The molecule has 9 heteroatoms. The molecule has 0 spiro atoms. The summed E-state index contributed by atoms with van der Waals surface area (Å²) in [5.41, 5.74) is 2.21. The van der Waals surface area contributed by atoms with Crippen LogP contribution in [0.5, 0.6) is 0 Å². The molecule has 0 bridgehead atoms. The van der Waals surface area contributed by atoms with Crippen LogP contribution < -0.4 is 4.31 Å². The lowest BCUT2D eigenvalue weighted by atomic mass is 10.0. The normalized spacial score (nSPS) is 13.0. The zero-order valence-corrected chi connectivity index (χ0v) is 20.7. The number of aldehydes is 1. The van der Waals surface area contributed by atoms with Gasteiger partial charge in [0.2, 0.25) is 5.88 Å². The van der Waals surface area contributed by atoms with Gasteiger partial charge in [0.05, 0.1) is 18.7 Å². The molecule has 0 saturated carbocycles. The number of carbonyl (C=O) groups excluding carboxylic acids is 1. The van der Waals surface area contributed by atoms with Crippen LogP contribution in [0.25, 0.3) is 11.1 Å². The van der Waals surface area contributed by atoms with Gasteiger partial charge in [-0.05, 0) is 25.5 Å². The minimum atomic E-state index is -4.06. The van der Waals surface area contributed by atoms with Crippen molar-refractivity contribution < 1.29 is 22.5 Å². The van der Waals surface area contributed by atoms with Gasteiger partial charge in [0.25, 0.3) is 10.0 Å². The van der Waals surface area contributed by atoms with Crippen molar-refractivity contribution in [2.75, 3.05) is 11.0 Å². The molecular weight excluding hydrogens is 444 g/mol. The number of benzene rings is 2. The number of carbonyl (C=O) groups is 1. The van der Waals surface area contributed by atoms with E-state index in [2.05, 4.69) is 24.8 Å². The van der Waals surface area contributed by atoms with Crippen molar-refractivity contribution in [1.29, 1.82) is 0 Å². The minimum Gasteiger partial charge on any atom is -0.360 e. The Hall–Kier alpha value is -2.75. The van der Waals surface area contributed by atoms with Crippen molar-refractivity contribution in [1.82, 2.24) is 5.16 Å². The fraction of sp³-hybridized carbons (Fsp3) is 0.304. The van der Waals surface area contributed by atoms with Crippen molar-refractivity contribution in [3.63, 3.8) is 0 Å². The molecule has 0 saturated heterocycles. The van der Waals surface area contributed by atoms with Gasteiger partial charge in [0.1, 0.15) is 13.0 Å². The zero-order valence-electron chi connectivity index (χ0n) is 18.9. The lowest BCUT2D eigenvalue weighted by molar-refractivity contribution is 0.112. The van der Waals surface area contributed by atoms with E-state index in [9.17, 15) is 13.2 Å². The Morgan fingerprint density at radius 2 is 1.78 bits per heavy atom. The lowest BCUT2D eigenvalue weighted by Crippen LogP contribution is -2.42. The Morgan fingerprint density at radius 1 is 1.12 bits per heavy atom. The molecule has 0 radical (unpaired) electrons. The quantitative estimate of drug-likeness (QED) is 0.250. The average Bonchev–Trinajstić information content (AvgIpc) is 3.18. The Kier molecular flexibility index (Phi) is 7.02. The summed E-state index contributed by atoms with van der Waals surface area (Å²) in [5, 5.41) is 3.86. The van der Waals surface area contributed by atoms with Crippen LogP contribution in [0, 0.1) is 6.92 Å². The Bertz CT molecular complexity index is 1180. The Labute approximate surface area is 190 Å². The van der Waals surface area contributed by atoms with E-state index in [0.29, 0.717) is 22.4 Å². The molecule has 1 unspecified atom stereocenters. The fourth-order valence-corrected chi connectivity index (χ4v) is 4.99. The monoisotopic (exact) mass is 472 g/mol. The molecule has 3 aromatic rings. The largest absolute Gasteiger partial charge is 0.360 e. The summed E-state index contributed by atoms with van der Waals surface area (Å²) in [5.74, 6) is 0.0939. The standard InChI is InChI=1S/C23H28N2O5SSi/c1-17-14-23(30-24-17)25(16-29-18(2)32(3,4)5)31(27,28)22-9-7-6-8-21(22)20-12-10-19(15-26)11-13-20/h6-15,18H,16H2,1-5H3. The van der Waals surface area contributed by atoms with Crippen molar-refractivity contribution in [2.45, 2.75) is 44.1 Å². The van der Waals surface area contributed by atoms with E-state index in [1.807, 2.05) is 6.92 Å². The average molecular weight is 473 g/mol. The van der Waals surface area contributed by atoms with Gasteiger partial charge in [-0.25, -0.2) is 12.7 Å². The summed E-state index contributed by atoms with van der Waals surface area (Å²) in [4.78, 5) is 11.1. The maximum atomic E-state index is 13.8. The molecule has 1 atom stereocenters. The van der Waals surface area contributed by atoms with E-state index in [-0.39, 0.29) is 23.2 Å². The van der Waals surface area contributed by atoms with E-state index in [0.717, 1.165) is 10.6 Å². The second-order valence-electron chi connectivity index (χ2n) is 8.70. The molecule has 7 nitrogen and oxygen atoms in total. The molecular formula is C23H28N2O5SSi. The van der Waals surface area contributed by atoms with Crippen LogP contribution in [0.1, 0.15) is 23.0 Å². The predicted octanol–water partition coefficient (Wildman–Crippen LogP) is 4.90. The highest BCUT2D eigenvalue weighted by atomic mass is 32.2. The van der Waals surface area contributed by atoms with Gasteiger partial charge in [-0.2, -0.15) is 0 Å². The summed E-state index contributed by atoms with van der Waals surface area (Å²) in [6.07, 6.45) is 0.747. The predicted molar refractivity (Wildman–Crippen MR) is 127 cm³/mol. The maximum Gasteiger partial charge on any atom is 0.269 e. The smallest absolute Gasteiger partial charge is 0.269 e. The molecule has 2 aromatic carbocycles. The van der Waals surface area contributed by atoms with E-state index in [1.54, 1.807) is 61.5 Å². The highest BCUT2D eigenvalue weighted by Gasteiger charge is 2.32. The third-order valence-corrected chi connectivity index (χ3v) is 9.72. The van der Waals surface area contributed by atoms with Gasteiger partial charge in [-0.15, -0.1) is 0 Å². The van der Waals surface area contributed by atoms with Crippen LogP contribution in [-0.2, 0) is 14.8 Å². The zero-order chi connectivity index (χ0) is 23.5. The maximum absolute atomic E-state index is 13.8. The molecule has 0 aliphatic carbocycles. The van der Waals surface area contributed by atoms with Crippen LogP contribution >= 0.6 is 0 Å². The van der Waals surface area contributed by atoms with Gasteiger partial charge >= 0.3 is 0 Å². The molecule has 1 aromatic heterocycles. The molecule has 3 rings (SSSR count). The summed E-state index contributed by atoms with van der Waals surface area (Å²) in [6.45, 7) is 9.98. The molecule has 0 aliphatic rings. The van der Waals surface area contributed by atoms with Crippen molar-refractivity contribution in [3.8, 4) is 11.1 Å². The summed E-state index contributed by atoms with van der Waals surface area (Å²) < 4.78 is 40.1. The van der Waals surface area contributed by atoms with Crippen molar-refractivity contribution >= 4 is 30.3 Å². The van der Waals surface area contributed by atoms with Crippen molar-refractivity contribution in [2.24, 2.45) is 0 Å². The Morgan fingerprint density at radius 3 is 2.34 bits per heavy atom. The first-order chi connectivity index (χ1) is 15.0. The second-order valence-corrected chi connectivity index (χ2v) is 16.1. The van der Waals surface area contributed by atoms with Gasteiger partial charge in [0.15, 0.2) is 0 Å². The van der Waals surface area contributed by atoms with Crippen molar-refractivity contribution in [3.05, 3.63) is 65.9 Å². The summed E-state index contributed by atoms with van der Waals surface area (Å²) in [7, 11) is -5.71. The number of nitrogens with zero attached hydrogens (tertiary/aromatic N) is 2. The number of anilines is 1. The molecule has 0 N–H and O–H groups in total. The van der Waals surface area contributed by atoms with Crippen LogP contribution in [0.2, 0.25) is 19.6 Å². The van der Waals surface area contributed by atoms with Gasteiger partial charge in [-0.1, -0.05) is 67.3 Å². The van der Waals surface area contributed by atoms with E-state index < -0.39 is 18.1 Å². The molecule has 0 amide bonds. The number of ether oxygens (including phenoxy) is 1. The number of sulfonamides is 1. The topological polar surface area (TPSA) is 89.7 Å². The number of rotatable bonds is 9. The Balaban J connectivity index is 2.06. The first-order valence-corrected chi connectivity index (χ1v) is 15.3. The van der Waals surface area contributed by atoms with Crippen LogP contribution in [0.15, 0.2) is 64.0 Å². The molecule has 1 heterocycles. The third kappa shape index (κ3) is 5.17. The first kappa shape index (κ1) is 23.9. The summed E-state index contributed by atoms with van der Waals surface area (Å²) >= 11 is 0.